The van der Waals surface area contributed by atoms with E-state index in [-0.39, 0.29) is 24.9 Å². The molecule has 3 aliphatic heterocycles. The van der Waals surface area contributed by atoms with Crippen LogP contribution in [0.2, 0.25) is 0 Å². The minimum Gasteiger partial charge on any atom is -0.493 e. The van der Waals surface area contributed by atoms with E-state index >= 15 is 0 Å². The van der Waals surface area contributed by atoms with Crippen molar-refractivity contribution in [3.63, 3.8) is 0 Å². The molecule has 0 bridgehead atoms. The summed E-state index contributed by atoms with van der Waals surface area (Å²) in [5.74, 6) is -1.13. The van der Waals surface area contributed by atoms with Crippen molar-refractivity contribution in [1.29, 1.82) is 0 Å². The van der Waals surface area contributed by atoms with Gasteiger partial charge in [0.2, 0.25) is 11.8 Å². The Morgan fingerprint density at radius 1 is 1.14 bits per heavy atom. The highest BCUT2D eigenvalue weighted by molar-refractivity contribution is 6.16. The zero-order valence-corrected chi connectivity index (χ0v) is 16.9. The maximum Gasteiger partial charge on any atom is 0.331 e. The number of fused-ring (bicyclic) bond motifs is 1. The summed E-state index contributed by atoms with van der Waals surface area (Å²) >= 11 is 0. The second-order valence-corrected chi connectivity index (χ2v) is 7.69. The van der Waals surface area contributed by atoms with Crippen LogP contribution in [0.25, 0.3) is 0 Å². The standard InChI is InChI=1S/C20H25N3O5.ClH/c21-20(9-12-28-16-4-2-1-3-15(16)20)8-5-14-17(24)22-19(26)23(18(14)25)13-6-10-27-11-7-13;/h1-4,13-14H,5-12,21H2,(H,22,24,26);1H. The number of urea groups is 1. The number of carbonyl (C=O) groups excluding carboxylic acids is 3. The van der Waals surface area contributed by atoms with E-state index in [4.69, 9.17) is 15.2 Å². The lowest BCUT2D eigenvalue weighted by Gasteiger charge is -2.39. The van der Waals surface area contributed by atoms with Crippen molar-refractivity contribution in [3.8, 4) is 5.75 Å². The molecule has 0 spiro atoms. The summed E-state index contributed by atoms with van der Waals surface area (Å²) in [6, 6.07) is 6.73. The van der Waals surface area contributed by atoms with E-state index < -0.39 is 29.3 Å². The Balaban J connectivity index is 0.00000240. The van der Waals surface area contributed by atoms with Gasteiger partial charge in [0.1, 0.15) is 11.7 Å². The molecular weight excluding hydrogens is 398 g/mol. The van der Waals surface area contributed by atoms with Gasteiger partial charge < -0.3 is 15.2 Å². The van der Waals surface area contributed by atoms with E-state index in [9.17, 15) is 14.4 Å². The molecule has 0 aromatic heterocycles. The van der Waals surface area contributed by atoms with Gasteiger partial charge in [-0.25, -0.2) is 4.79 Å². The molecule has 2 unspecified atom stereocenters. The van der Waals surface area contributed by atoms with Gasteiger partial charge in [-0.2, -0.15) is 0 Å². The summed E-state index contributed by atoms with van der Waals surface area (Å²) in [6.07, 6.45) is 2.52. The third-order valence-corrected chi connectivity index (χ3v) is 5.97. The molecule has 1 aromatic carbocycles. The van der Waals surface area contributed by atoms with Gasteiger partial charge in [-0.05, 0) is 31.7 Å². The second kappa shape index (κ2) is 8.69. The fourth-order valence-electron chi connectivity index (χ4n) is 4.32. The SMILES string of the molecule is Cl.NC1(CCC2C(=O)NC(=O)N(C3CCOCC3)C2=O)CCOc2ccccc21. The van der Waals surface area contributed by atoms with Crippen molar-refractivity contribution in [2.45, 2.75) is 43.7 Å². The van der Waals surface area contributed by atoms with Crippen LogP contribution in [0.1, 0.15) is 37.7 Å². The molecule has 2 saturated heterocycles. The molecule has 158 valence electrons. The molecule has 0 aliphatic carbocycles. The fourth-order valence-corrected chi connectivity index (χ4v) is 4.32. The Labute approximate surface area is 175 Å². The summed E-state index contributed by atoms with van der Waals surface area (Å²) in [5.41, 5.74) is 6.89. The number of nitrogens with one attached hydrogen (secondary N) is 1. The first kappa shape index (κ1) is 21.5. The molecule has 29 heavy (non-hydrogen) atoms. The number of amides is 4. The number of barbiturate groups is 1. The number of hydrogen-bond acceptors (Lipinski definition) is 6. The van der Waals surface area contributed by atoms with Crippen molar-refractivity contribution in [1.82, 2.24) is 10.2 Å². The molecule has 3 N–H and O–H groups in total. The van der Waals surface area contributed by atoms with Gasteiger partial charge in [-0.3, -0.25) is 19.8 Å². The predicted molar refractivity (Wildman–Crippen MR) is 107 cm³/mol. The number of rotatable bonds is 4. The summed E-state index contributed by atoms with van der Waals surface area (Å²) in [7, 11) is 0. The zero-order chi connectivity index (χ0) is 19.7. The van der Waals surface area contributed by atoms with Gasteiger partial charge in [0.25, 0.3) is 0 Å². The number of ether oxygens (including phenoxy) is 2. The summed E-state index contributed by atoms with van der Waals surface area (Å²) in [6.45, 7) is 1.50. The van der Waals surface area contributed by atoms with Crippen molar-refractivity contribution >= 4 is 30.3 Å². The topological polar surface area (TPSA) is 111 Å². The Bertz CT molecular complexity index is 798. The number of para-hydroxylation sites is 1. The average Bonchev–Trinajstić information content (AvgIpc) is 2.69. The van der Waals surface area contributed by atoms with Gasteiger partial charge in [-0.15, -0.1) is 12.4 Å². The van der Waals surface area contributed by atoms with Crippen LogP contribution >= 0.6 is 12.4 Å². The monoisotopic (exact) mass is 423 g/mol. The molecule has 0 saturated carbocycles. The van der Waals surface area contributed by atoms with Crippen LogP contribution in [0.5, 0.6) is 5.75 Å². The number of benzene rings is 1. The Morgan fingerprint density at radius 3 is 2.62 bits per heavy atom. The summed E-state index contributed by atoms with van der Waals surface area (Å²) in [5, 5.41) is 2.35. The van der Waals surface area contributed by atoms with Gasteiger partial charge in [0, 0.05) is 36.8 Å². The van der Waals surface area contributed by atoms with Crippen LogP contribution in [0, 0.1) is 5.92 Å². The van der Waals surface area contributed by atoms with Gasteiger partial charge in [0.15, 0.2) is 0 Å². The van der Waals surface area contributed by atoms with E-state index in [1.807, 2.05) is 24.3 Å². The largest absolute Gasteiger partial charge is 0.493 e. The van der Waals surface area contributed by atoms with Crippen molar-refractivity contribution < 1.29 is 23.9 Å². The van der Waals surface area contributed by atoms with Crippen LogP contribution in [0.4, 0.5) is 4.79 Å². The first-order valence-corrected chi connectivity index (χ1v) is 9.76. The highest BCUT2D eigenvalue weighted by Gasteiger charge is 2.45. The number of nitrogens with two attached hydrogens (primary N) is 1. The molecule has 3 aliphatic rings. The Morgan fingerprint density at radius 2 is 1.86 bits per heavy atom. The average molecular weight is 424 g/mol. The molecule has 4 amide bonds. The molecule has 4 rings (SSSR count). The molecule has 1 aromatic rings. The lowest BCUT2D eigenvalue weighted by molar-refractivity contribution is -0.145. The highest BCUT2D eigenvalue weighted by atomic mass is 35.5. The minimum absolute atomic E-state index is 0. The third-order valence-electron chi connectivity index (χ3n) is 5.97. The van der Waals surface area contributed by atoms with Gasteiger partial charge in [0.05, 0.1) is 6.61 Å². The van der Waals surface area contributed by atoms with Crippen LogP contribution in [-0.4, -0.2) is 48.6 Å². The van der Waals surface area contributed by atoms with E-state index in [0.29, 0.717) is 45.5 Å². The van der Waals surface area contributed by atoms with E-state index in [0.717, 1.165) is 11.3 Å². The smallest absolute Gasteiger partial charge is 0.331 e. The first-order chi connectivity index (χ1) is 13.5. The van der Waals surface area contributed by atoms with Crippen molar-refractivity contribution in [3.05, 3.63) is 29.8 Å². The molecule has 2 atom stereocenters. The summed E-state index contributed by atoms with van der Waals surface area (Å²) < 4.78 is 11.0. The summed E-state index contributed by atoms with van der Waals surface area (Å²) in [4.78, 5) is 38.9. The van der Waals surface area contributed by atoms with Gasteiger partial charge in [-0.1, -0.05) is 18.2 Å². The predicted octanol–water partition coefficient (Wildman–Crippen LogP) is 1.70. The van der Waals surface area contributed by atoms with Crippen molar-refractivity contribution in [2.24, 2.45) is 11.7 Å². The number of nitrogens with zero attached hydrogens (tertiary/aromatic N) is 1. The van der Waals surface area contributed by atoms with Crippen LogP contribution in [0.3, 0.4) is 0 Å². The van der Waals surface area contributed by atoms with Crippen LogP contribution < -0.4 is 15.8 Å². The minimum atomic E-state index is -0.907. The molecule has 8 nitrogen and oxygen atoms in total. The van der Waals surface area contributed by atoms with Crippen LogP contribution in [0.15, 0.2) is 24.3 Å². The normalized spacial score (nSPS) is 27.6. The zero-order valence-electron chi connectivity index (χ0n) is 16.1. The first-order valence-electron chi connectivity index (χ1n) is 9.76. The Kier molecular flexibility index (Phi) is 6.45. The Hall–Kier alpha value is -2.16. The highest BCUT2D eigenvalue weighted by Crippen LogP contribution is 2.39. The van der Waals surface area contributed by atoms with Crippen molar-refractivity contribution in [2.75, 3.05) is 19.8 Å². The number of halogens is 1. The fraction of sp³-hybridized carbons (Fsp3) is 0.550. The molecule has 3 heterocycles. The van der Waals surface area contributed by atoms with E-state index in [2.05, 4.69) is 5.32 Å². The van der Waals surface area contributed by atoms with E-state index in [1.54, 1.807) is 0 Å². The molecule has 2 fully saturated rings. The number of carbonyl (C=O) groups is 3. The maximum atomic E-state index is 13.0. The van der Waals surface area contributed by atoms with E-state index in [1.165, 1.54) is 4.90 Å². The molecule has 0 radical (unpaired) electrons. The maximum absolute atomic E-state index is 13.0. The lowest BCUT2D eigenvalue weighted by atomic mass is 9.79. The van der Waals surface area contributed by atoms with Crippen LogP contribution in [-0.2, 0) is 19.9 Å². The molecular formula is C20H26ClN3O5. The molecule has 9 heteroatoms. The quantitative estimate of drug-likeness (QED) is 0.713. The number of imide groups is 2. The third kappa shape index (κ3) is 4.10. The number of hydrogen-bond donors (Lipinski definition) is 2. The van der Waals surface area contributed by atoms with Gasteiger partial charge >= 0.3 is 6.03 Å². The second-order valence-electron chi connectivity index (χ2n) is 7.69. The lowest BCUT2D eigenvalue weighted by Crippen LogP contribution is -2.61.